The molecule has 6 rings (SSSR count). The van der Waals surface area contributed by atoms with E-state index in [0.29, 0.717) is 46.5 Å². The van der Waals surface area contributed by atoms with E-state index >= 15 is 0 Å². The van der Waals surface area contributed by atoms with Crippen LogP contribution < -0.4 is 10.4 Å². The number of carbonyl (C=O) groups is 1. The van der Waals surface area contributed by atoms with Crippen LogP contribution in [-0.4, -0.2) is 28.7 Å². The van der Waals surface area contributed by atoms with Crippen molar-refractivity contribution in [3.05, 3.63) is 172 Å². The number of unbranched alkanes of at least 4 members (excludes halogenated alkanes) is 1. The number of amides is 1. The third kappa shape index (κ3) is 7.76. The number of benzene rings is 5. The Labute approximate surface area is 299 Å². The zero-order chi connectivity index (χ0) is 36.9. The van der Waals surface area contributed by atoms with E-state index in [9.17, 15) is 31.2 Å². The smallest absolute Gasteiger partial charge is 0.274 e. The number of carbonyl (C=O) groups excluding carboxylic acids is 1. The summed E-state index contributed by atoms with van der Waals surface area (Å²) >= 11 is 0. The topological polar surface area (TPSA) is 103 Å². The second kappa shape index (κ2) is 15.2. The van der Waals surface area contributed by atoms with Gasteiger partial charge in [0.15, 0.2) is 0 Å². The number of rotatable bonds is 12. The van der Waals surface area contributed by atoms with Gasteiger partial charge in [0.25, 0.3) is 10.0 Å². The maximum Gasteiger partial charge on any atom is 0.418 e. The molecule has 266 valence electrons. The number of alkyl halides is 3. The van der Waals surface area contributed by atoms with Gasteiger partial charge in [-0.1, -0.05) is 129 Å². The van der Waals surface area contributed by atoms with E-state index in [2.05, 4.69) is 9.82 Å². The number of para-hydroxylation sites is 1. The second-order valence-electron chi connectivity index (χ2n) is 12.2. The lowest BCUT2D eigenvalue weighted by molar-refractivity contribution is -0.137. The molecule has 0 spiro atoms. The molecule has 5 aromatic carbocycles. The van der Waals surface area contributed by atoms with Crippen LogP contribution in [0.1, 0.15) is 53.8 Å². The van der Waals surface area contributed by atoms with Gasteiger partial charge in [0.2, 0.25) is 5.91 Å². The molecule has 1 aromatic heterocycles. The molecule has 1 heterocycles. The first kappa shape index (κ1) is 36.1. The van der Waals surface area contributed by atoms with Crippen molar-refractivity contribution in [1.82, 2.24) is 19.1 Å². The summed E-state index contributed by atoms with van der Waals surface area (Å²) in [6.45, 7) is 1.99. The highest BCUT2D eigenvalue weighted by Gasteiger charge is 2.35. The van der Waals surface area contributed by atoms with Gasteiger partial charge in [0.05, 0.1) is 28.6 Å². The summed E-state index contributed by atoms with van der Waals surface area (Å²) < 4.78 is 73.6. The van der Waals surface area contributed by atoms with Crippen molar-refractivity contribution in [2.45, 2.75) is 49.7 Å². The maximum atomic E-state index is 13.8. The summed E-state index contributed by atoms with van der Waals surface area (Å²) in [5.74, 6) is -1.23. The molecule has 12 heteroatoms. The van der Waals surface area contributed by atoms with Crippen LogP contribution in [0.15, 0.2) is 143 Å². The third-order valence-electron chi connectivity index (χ3n) is 8.68. The van der Waals surface area contributed by atoms with Crippen molar-refractivity contribution in [3.63, 3.8) is 0 Å². The van der Waals surface area contributed by atoms with Crippen LogP contribution >= 0.6 is 0 Å². The number of hydrogen-bond acceptors (Lipinski definition) is 5. The van der Waals surface area contributed by atoms with E-state index in [1.165, 1.54) is 28.8 Å². The fraction of sp³-hybridized carbons (Fsp3) is 0.175. The van der Waals surface area contributed by atoms with Gasteiger partial charge >= 0.3 is 11.9 Å². The van der Waals surface area contributed by atoms with Gasteiger partial charge in [0.1, 0.15) is 5.82 Å². The molecule has 0 saturated heterocycles. The monoisotopic (exact) mass is 724 g/mol. The van der Waals surface area contributed by atoms with Gasteiger partial charge in [-0.25, -0.2) is 17.9 Å². The van der Waals surface area contributed by atoms with Crippen LogP contribution in [0.4, 0.5) is 13.2 Å². The Balaban J connectivity index is 1.29. The van der Waals surface area contributed by atoms with E-state index in [-0.39, 0.29) is 17.1 Å². The number of nitrogens with one attached hydrogen (secondary N) is 1. The van der Waals surface area contributed by atoms with Crippen LogP contribution in [0.2, 0.25) is 0 Å². The molecular weight excluding hydrogens is 690 g/mol. The molecule has 0 saturated carbocycles. The normalized spacial score (nSPS) is 11.9. The Kier molecular flexibility index (Phi) is 10.6. The molecule has 0 aliphatic carbocycles. The first-order valence-corrected chi connectivity index (χ1v) is 18.2. The van der Waals surface area contributed by atoms with E-state index in [0.717, 1.165) is 17.2 Å². The van der Waals surface area contributed by atoms with E-state index < -0.39 is 39.3 Å². The highest BCUT2D eigenvalue weighted by molar-refractivity contribution is 7.90. The predicted molar refractivity (Wildman–Crippen MR) is 192 cm³/mol. The number of nitrogens with zero attached hydrogens (tertiary/aromatic N) is 3. The van der Waals surface area contributed by atoms with Crippen molar-refractivity contribution in [3.8, 4) is 16.8 Å². The number of halogens is 3. The molecule has 0 bridgehead atoms. The minimum absolute atomic E-state index is 0.0305. The molecule has 0 aliphatic rings. The second-order valence-corrected chi connectivity index (χ2v) is 13.9. The molecule has 6 aromatic rings. The molecule has 1 amide bonds. The Morgan fingerprint density at radius 3 is 1.98 bits per heavy atom. The lowest BCUT2D eigenvalue weighted by Crippen LogP contribution is -2.35. The average molecular weight is 725 g/mol. The van der Waals surface area contributed by atoms with Crippen LogP contribution in [0.3, 0.4) is 0 Å². The molecular formula is C40H35F3N4O4S. The number of aromatic nitrogens is 3. The van der Waals surface area contributed by atoms with Gasteiger partial charge in [-0.2, -0.15) is 17.9 Å². The molecule has 8 nitrogen and oxygen atoms in total. The fourth-order valence-electron chi connectivity index (χ4n) is 6.11. The number of hydrogen-bond donors (Lipinski definition) is 1. The van der Waals surface area contributed by atoms with Gasteiger partial charge in [-0.15, -0.1) is 5.10 Å². The molecule has 0 atom stereocenters. The summed E-state index contributed by atoms with van der Waals surface area (Å²) in [7, 11) is -4.35. The lowest BCUT2D eigenvalue weighted by atomic mass is 9.91. The molecule has 1 N–H and O–H groups in total. The third-order valence-corrected chi connectivity index (χ3v) is 10.1. The minimum Gasteiger partial charge on any atom is -0.274 e. The van der Waals surface area contributed by atoms with Crippen molar-refractivity contribution in [2.75, 3.05) is 0 Å². The average Bonchev–Trinajstić information content (AvgIpc) is 3.45. The minimum atomic E-state index is -4.68. The van der Waals surface area contributed by atoms with Crippen LogP contribution in [0, 0.1) is 0 Å². The first-order chi connectivity index (χ1) is 25.0. The van der Waals surface area contributed by atoms with Crippen molar-refractivity contribution in [1.29, 1.82) is 0 Å². The summed E-state index contributed by atoms with van der Waals surface area (Å²) in [5.41, 5.74) is 0.785. The largest absolute Gasteiger partial charge is 0.418 e. The summed E-state index contributed by atoms with van der Waals surface area (Å²) in [6.07, 6.45) is -2.83. The Morgan fingerprint density at radius 2 is 1.37 bits per heavy atom. The zero-order valence-corrected chi connectivity index (χ0v) is 28.9. The molecule has 0 fully saturated rings. The predicted octanol–water partition coefficient (Wildman–Crippen LogP) is 7.75. The highest BCUT2D eigenvalue weighted by atomic mass is 32.2. The molecule has 0 radical (unpaired) electrons. The van der Waals surface area contributed by atoms with Crippen molar-refractivity contribution in [2.24, 2.45) is 0 Å². The Hall–Kier alpha value is -5.75. The Morgan fingerprint density at radius 1 is 0.788 bits per heavy atom. The molecule has 0 aliphatic heterocycles. The summed E-state index contributed by atoms with van der Waals surface area (Å²) in [5, 5.41) is 4.33. The van der Waals surface area contributed by atoms with Gasteiger partial charge in [0, 0.05) is 12.0 Å². The zero-order valence-electron chi connectivity index (χ0n) is 28.1. The SMILES string of the molecule is CCCCc1nn(-c2ccccc2C(F)(F)F)c(=O)n1Cc1ccc(-c2ccccc2S(=O)(=O)NC(=O)C(c2ccccc2)c2ccccc2)cc1. The summed E-state index contributed by atoms with van der Waals surface area (Å²) in [6, 6.07) is 35.8. The highest BCUT2D eigenvalue weighted by Crippen LogP contribution is 2.33. The molecule has 52 heavy (non-hydrogen) atoms. The van der Waals surface area contributed by atoms with Crippen LogP contribution in [-0.2, 0) is 34.0 Å². The Bertz CT molecular complexity index is 2300. The lowest BCUT2D eigenvalue weighted by Gasteiger charge is -2.19. The van der Waals surface area contributed by atoms with Crippen LogP contribution in [0.25, 0.3) is 16.8 Å². The van der Waals surface area contributed by atoms with Crippen LogP contribution in [0.5, 0.6) is 0 Å². The standard InChI is InChI=1S/C40H35F3N4O4S/c1-2-3-22-36-44-47(34-20-12-11-19-33(34)40(41,42)43)39(49)46(36)27-28-23-25-29(26-24-28)32-18-10-13-21-35(32)52(50,51)45-38(48)37(30-14-6-4-7-15-30)31-16-8-5-9-17-31/h4-21,23-26,37H,2-3,22,27H2,1H3,(H,45,48). The number of aryl methyl sites for hydroxylation is 1. The summed E-state index contributed by atoms with van der Waals surface area (Å²) in [4.78, 5) is 27.2. The van der Waals surface area contributed by atoms with Crippen molar-refractivity contribution < 1.29 is 26.4 Å². The number of sulfonamides is 1. The van der Waals surface area contributed by atoms with Gasteiger partial charge in [-0.05, 0) is 46.9 Å². The quantitative estimate of drug-likeness (QED) is 0.139. The van der Waals surface area contributed by atoms with E-state index in [4.69, 9.17) is 0 Å². The van der Waals surface area contributed by atoms with Gasteiger partial charge < -0.3 is 0 Å². The van der Waals surface area contributed by atoms with E-state index in [1.807, 2.05) is 19.1 Å². The first-order valence-electron chi connectivity index (χ1n) is 16.7. The maximum absolute atomic E-state index is 13.8. The van der Waals surface area contributed by atoms with Crippen molar-refractivity contribution >= 4 is 15.9 Å². The fourth-order valence-corrected chi connectivity index (χ4v) is 7.34. The van der Waals surface area contributed by atoms with E-state index in [1.54, 1.807) is 91.0 Å². The van der Waals surface area contributed by atoms with Gasteiger partial charge in [-0.3, -0.25) is 9.36 Å². The molecule has 0 unspecified atom stereocenters.